The zero-order chi connectivity index (χ0) is 12.1. The molecule has 1 aliphatic rings. The second kappa shape index (κ2) is 6.24. The van der Waals surface area contributed by atoms with Crippen LogP contribution in [-0.4, -0.2) is 22.3 Å². The van der Waals surface area contributed by atoms with Gasteiger partial charge in [0.25, 0.3) is 0 Å². The molecule has 0 spiro atoms. The molecule has 0 bridgehead atoms. The van der Waals surface area contributed by atoms with Gasteiger partial charge in [-0.1, -0.05) is 13.3 Å². The van der Waals surface area contributed by atoms with E-state index in [-0.39, 0.29) is 0 Å². The molecular weight excluding hydrogens is 230 g/mol. The molecule has 1 aromatic rings. The van der Waals surface area contributed by atoms with Crippen molar-refractivity contribution in [1.29, 1.82) is 0 Å². The van der Waals surface area contributed by atoms with E-state index in [1.165, 1.54) is 32.1 Å². The average Bonchev–Trinajstić information content (AvgIpc) is 2.40. The molecule has 0 radical (unpaired) electrons. The van der Waals surface area contributed by atoms with E-state index in [4.69, 9.17) is 0 Å². The van der Waals surface area contributed by atoms with Gasteiger partial charge in [0.2, 0.25) is 0 Å². The van der Waals surface area contributed by atoms with E-state index in [9.17, 15) is 0 Å². The van der Waals surface area contributed by atoms with Crippen LogP contribution in [0.1, 0.15) is 39.0 Å². The summed E-state index contributed by atoms with van der Waals surface area (Å²) in [5.41, 5.74) is 0. The Bertz CT molecular complexity index is 348. The number of hydrogen-bond acceptors (Lipinski definition) is 4. The summed E-state index contributed by atoms with van der Waals surface area (Å²) in [5.74, 6) is 1.92. The lowest BCUT2D eigenvalue weighted by Gasteiger charge is -2.28. The van der Waals surface area contributed by atoms with Gasteiger partial charge in [0.05, 0.1) is 0 Å². The highest BCUT2D eigenvalue weighted by Gasteiger charge is 2.19. The molecule has 4 heteroatoms. The van der Waals surface area contributed by atoms with Crippen molar-refractivity contribution in [1.82, 2.24) is 9.97 Å². The highest BCUT2D eigenvalue weighted by atomic mass is 32.2. The molecule has 1 aromatic heterocycles. The van der Waals surface area contributed by atoms with Crippen LogP contribution in [0.3, 0.4) is 0 Å². The molecule has 0 aliphatic heterocycles. The zero-order valence-corrected chi connectivity index (χ0v) is 11.5. The van der Waals surface area contributed by atoms with Gasteiger partial charge in [0.1, 0.15) is 17.2 Å². The summed E-state index contributed by atoms with van der Waals surface area (Å²) in [6.45, 7) is 2.30. The number of thioether (sulfide) groups is 1. The molecule has 1 N–H and O–H groups in total. The van der Waals surface area contributed by atoms with Crippen molar-refractivity contribution in [3.05, 3.63) is 12.4 Å². The molecule has 3 nitrogen and oxygen atoms in total. The standard InChI is InChI=1S/C13H21N3S/c1-3-10-4-6-11(7-5-10)16-12-8-13(17-2)15-9-14-12/h8-11H,3-7H2,1-2H3,(H,14,15,16). The van der Waals surface area contributed by atoms with Crippen LogP contribution < -0.4 is 5.32 Å². The highest BCUT2D eigenvalue weighted by molar-refractivity contribution is 7.98. The van der Waals surface area contributed by atoms with Crippen molar-refractivity contribution in [3.63, 3.8) is 0 Å². The maximum atomic E-state index is 4.29. The van der Waals surface area contributed by atoms with Crippen molar-refractivity contribution < 1.29 is 0 Å². The Morgan fingerprint density at radius 3 is 2.71 bits per heavy atom. The Labute approximate surface area is 108 Å². The minimum Gasteiger partial charge on any atom is -0.367 e. The van der Waals surface area contributed by atoms with Crippen LogP contribution in [-0.2, 0) is 0 Å². The first-order valence-corrected chi connectivity index (χ1v) is 7.67. The Balaban J connectivity index is 1.88. The van der Waals surface area contributed by atoms with Crippen molar-refractivity contribution in [3.8, 4) is 0 Å². The number of anilines is 1. The summed E-state index contributed by atoms with van der Waals surface area (Å²) < 4.78 is 0. The average molecular weight is 251 g/mol. The van der Waals surface area contributed by atoms with Crippen molar-refractivity contribution in [2.24, 2.45) is 5.92 Å². The third kappa shape index (κ3) is 3.60. The molecule has 94 valence electrons. The van der Waals surface area contributed by atoms with E-state index in [1.807, 2.05) is 12.3 Å². The van der Waals surface area contributed by atoms with E-state index < -0.39 is 0 Å². The molecule has 1 saturated carbocycles. The van der Waals surface area contributed by atoms with E-state index in [0.29, 0.717) is 6.04 Å². The monoisotopic (exact) mass is 251 g/mol. The van der Waals surface area contributed by atoms with Crippen LogP contribution in [0.25, 0.3) is 0 Å². The quantitative estimate of drug-likeness (QED) is 0.655. The van der Waals surface area contributed by atoms with Gasteiger partial charge >= 0.3 is 0 Å². The van der Waals surface area contributed by atoms with Crippen molar-refractivity contribution in [2.45, 2.75) is 50.1 Å². The lowest BCUT2D eigenvalue weighted by atomic mass is 9.84. The van der Waals surface area contributed by atoms with E-state index in [0.717, 1.165) is 16.8 Å². The summed E-state index contributed by atoms with van der Waals surface area (Å²) in [5, 5.41) is 4.57. The first-order chi connectivity index (χ1) is 8.31. The number of hydrogen-bond donors (Lipinski definition) is 1. The SMILES string of the molecule is CCC1CCC(Nc2cc(SC)ncn2)CC1. The van der Waals surface area contributed by atoms with Gasteiger partial charge in [0, 0.05) is 12.1 Å². The molecule has 0 aromatic carbocycles. The molecule has 0 amide bonds. The Morgan fingerprint density at radius 2 is 2.06 bits per heavy atom. The topological polar surface area (TPSA) is 37.8 Å². The molecule has 0 unspecified atom stereocenters. The Kier molecular flexibility index (Phi) is 4.66. The molecule has 1 aliphatic carbocycles. The minimum absolute atomic E-state index is 0.599. The van der Waals surface area contributed by atoms with Gasteiger partial charge in [-0.3, -0.25) is 0 Å². The summed E-state index contributed by atoms with van der Waals surface area (Å²) in [4.78, 5) is 8.47. The third-order valence-electron chi connectivity index (χ3n) is 3.63. The van der Waals surface area contributed by atoms with Gasteiger partial charge in [-0.05, 0) is 37.9 Å². The second-order valence-electron chi connectivity index (χ2n) is 4.72. The molecular formula is C13H21N3S. The smallest absolute Gasteiger partial charge is 0.130 e. The minimum atomic E-state index is 0.599. The van der Waals surface area contributed by atoms with Crippen LogP contribution in [0.2, 0.25) is 0 Å². The first-order valence-electron chi connectivity index (χ1n) is 6.44. The Morgan fingerprint density at radius 1 is 1.29 bits per heavy atom. The fraction of sp³-hybridized carbons (Fsp3) is 0.692. The van der Waals surface area contributed by atoms with Crippen LogP contribution in [0, 0.1) is 5.92 Å². The van der Waals surface area contributed by atoms with E-state index >= 15 is 0 Å². The largest absolute Gasteiger partial charge is 0.367 e. The maximum absolute atomic E-state index is 4.29. The highest BCUT2D eigenvalue weighted by Crippen LogP contribution is 2.28. The van der Waals surface area contributed by atoms with Crippen LogP contribution >= 0.6 is 11.8 Å². The normalized spacial score (nSPS) is 24.6. The van der Waals surface area contributed by atoms with Crippen LogP contribution in [0.5, 0.6) is 0 Å². The molecule has 17 heavy (non-hydrogen) atoms. The van der Waals surface area contributed by atoms with Crippen molar-refractivity contribution >= 4 is 17.6 Å². The van der Waals surface area contributed by atoms with Gasteiger partial charge in [-0.15, -0.1) is 11.8 Å². The number of rotatable bonds is 4. The zero-order valence-electron chi connectivity index (χ0n) is 10.6. The van der Waals surface area contributed by atoms with Crippen molar-refractivity contribution in [2.75, 3.05) is 11.6 Å². The number of nitrogens with one attached hydrogen (secondary N) is 1. The second-order valence-corrected chi connectivity index (χ2v) is 5.54. The summed E-state index contributed by atoms with van der Waals surface area (Å²) in [6, 6.07) is 2.64. The molecule has 0 atom stereocenters. The predicted molar refractivity (Wildman–Crippen MR) is 73.5 cm³/mol. The number of aromatic nitrogens is 2. The van der Waals surface area contributed by atoms with Crippen LogP contribution in [0.15, 0.2) is 17.4 Å². The van der Waals surface area contributed by atoms with E-state index in [2.05, 4.69) is 22.2 Å². The molecule has 1 fully saturated rings. The summed E-state index contributed by atoms with van der Waals surface area (Å²) in [6.07, 6.45) is 10.3. The lowest BCUT2D eigenvalue weighted by Crippen LogP contribution is -2.26. The number of nitrogens with zero attached hydrogens (tertiary/aromatic N) is 2. The van der Waals surface area contributed by atoms with Gasteiger partial charge < -0.3 is 5.32 Å². The molecule has 2 rings (SSSR count). The molecule has 0 saturated heterocycles. The summed E-state index contributed by atoms with van der Waals surface area (Å²) in [7, 11) is 0. The maximum Gasteiger partial charge on any atom is 0.130 e. The van der Waals surface area contributed by atoms with Gasteiger partial charge in [-0.2, -0.15) is 0 Å². The predicted octanol–water partition coefficient (Wildman–Crippen LogP) is 3.58. The third-order valence-corrected chi connectivity index (χ3v) is 4.27. The lowest BCUT2D eigenvalue weighted by molar-refractivity contribution is 0.330. The van der Waals surface area contributed by atoms with Gasteiger partial charge in [0.15, 0.2) is 0 Å². The first kappa shape index (κ1) is 12.7. The molecule has 1 heterocycles. The summed E-state index contributed by atoms with van der Waals surface area (Å²) >= 11 is 1.66. The van der Waals surface area contributed by atoms with E-state index in [1.54, 1.807) is 18.1 Å². The fourth-order valence-corrected chi connectivity index (χ4v) is 2.84. The van der Waals surface area contributed by atoms with Crippen LogP contribution in [0.4, 0.5) is 5.82 Å². The Hall–Kier alpha value is -0.770. The fourth-order valence-electron chi connectivity index (χ4n) is 2.45. The van der Waals surface area contributed by atoms with Gasteiger partial charge in [-0.25, -0.2) is 9.97 Å².